The van der Waals surface area contributed by atoms with E-state index in [2.05, 4.69) is 40.2 Å². The van der Waals surface area contributed by atoms with Gasteiger partial charge in [0.15, 0.2) is 0 Å². The number of rotatable bonds is 3. The zero-order valence-electron chi connectivity index (χ0n) is 17.7. The second kappa shape index (κ2) is 8.23. The van der Waals surface area contributed by atoms with Crippen LogP contribution < -0.4 is 21.5 Å². The fourth-order valence-electron chi connectivity index (χ4n) is 6.63. The Morgan fingerprint density at radius 2 is 1.96 bits per heavy atom. The van der Waals surface area contributed by atoms with Crippen LogP contribution in [0.5, 0.6) is 0 Å². The third-order valence-electron chi connectivity index (χ3n) is 8.05. The smallest absolute Gasteiger partial charge is 0.0800 e. The topological polar surface area (TPSA) is 60.6 Å². The van der Waals surface area contributed by atoms with Gasteiger partial charge in [-0.2, -0.15) is 0 Å². The number of nitrogens with one attached hydrogen (secondary N) is 4. The molecule has 0 bridgehead atoms. The molecule has 6 heteroatoms. The van der Waals surface area contributed by atoms with Crippen LogP contribution >= 0.6 is 0 Å². The monoisotopic (exact) mass is 389 g/mol. The molecule has 4 aliphatic heterocycles. The summed E-state index contributed by atoms with van der Waals surface area (Å²) >= 11 is 0. The first kappa shape index (κ1) is 19.3. The predicted molar refractivity (Wildman–Crippen MR) is 111 cm³/mol. The lowest BCUT2D eigenvalue weighted by Gasteiger charge is -2.51. The SMILES string of the molecule is CC1CNC(C2CCNN2)C2=C1C(C1CCCC1)CC(N1CCOC[C@H]1C)N2. The number of ether oxygens (including phenoxy) is 1. The van der Waals surface area contributed by atoms with Gasteiger partial charge < -0.3 is 15.4 Å². The van der Waals surface area contributed by atoms with Crippen LogP contribution in [0.1, 0.15) is 52.4 Å². The van der Waals surface area contributed by atoms with E-state index in [1.165, 1.54) is 44.2 Å². The van der Waals surface area contributed by atoms with Crippen molar-refractivity contribution in [1.29, 1.82) is 0 Å². The van der Waals surface area contributed by atoms with Gasteiger partial charge in [-0.1, -0.05) is 19.8 Å². The van der Waals surface area contributed by atoms with E-state index < -0.39 is 0 Å². The number of hydrogen-bond acceptors (Lipinski definition) is 6. The van der Waals surface area contributed by atoms with Crippen molar-refractivity contribution in [2.45, 2.75) is 76.7 Å². The van der Waals surface area contributed by atoms with Gasteiger partial charge in [0.1, 0.15) is 0 Å². The molecule has 4 N–H and O–H groups in total. The molecule has 3 fully saturated rings. The molecule has 5 rings (SSSR count). The van der Waals surface area contributed by atoms with Crippen molar-refractivity contribution in [3.63, 3.8) is 0 Å². The van der Waals surface area contributed by atoms with Crippen molar-refractivity contribution < 1.29 is 4.74 Å². The first-order valence-corrected chi connectivity index (χ1v) is 11.8. The van der Waals surface area contributed by atoms with Crippen LogP contribution in [0.2, 0.25) is 0 Å². The van der Waals surface area contributed by atoms with Crippen LogP contribution in [0.15, 0.2) is 11.3 Å². The molecule has 158 valence electrons. The van der Waals surface area contributed by atoms with Gasteiger partial charge in [-0.15, -0.1) is 0 Å². The minimum absolute atomic E-state index is 0.407. The lowest BCUT2D eigenvalue weighted by Crippen LogP contribution is -2.63. The molecule has 5 aliphatic rings. The summed E-state index contributed by atoms with van der Waals surface area (Å²) in [6.07, 6.45) is 8.65. The van der Waals surface area contributed by atoms with Gasteiger partial charge in [0, 0.05) is 37.4 Å². The molecule has 0 spiro atoms. The Kier molecular flexibility index (Phi) is 5.67. The largest absolute Gasteiger partial charge is 0.379 e. The van der Waals surface area contributed by atoms with E-state index in [9.17, 15) is 0 Å². The quantitative estimate of drug-likeness (QED) is 0.588. The highest BCUT2D eigenvalue weighted by molar-refractivity contribution is 5.32. The average molecular weight is 390 g/mol. The Labute approximate surface area is 170 Å². The highest BCUT2D eigenvalue weighted by Crippen LogP contribution is 2.45. The van der Waals surface area contributed by atoms with E-state index >= 15 is 0 Å². The third kappa shape index (κ3) is 3.52. The summed E-state index contributed by atoms with van der Waals surface area (Å²) in [5.74, 6) is 2.29. The Bertz CT molecular complexity index is 583. The molecule has 0 aromatic rings. The first-order valence-electron chi connectivity index (χ1n) is 11.8. The Morgan fingerprint density at radius 1 is 1.11 bits per heavy atom. The molecule has 4 heterocycles. The van der Waals surface area contributed by atoms with E-state index in [-0.39, 0.29) is 0 Å². The van der Waals surface area contributed by atoms with E-state index in [0.29, 0.717) is 30.2 Å². The van der Waals surface area contributed by atoms with Gasteiger partial charge >= 0.3 is 0 Å². The Balaban J connectivity index is 1.48. The maximum absolute atomic E-state index is 5.74. The van der Waals surface area contributed by atoms with Crippen LogP contribution in [0.4, 0.5) is 0 Å². The molecular formula is C22H39N5O. The lowest BCUT2D eigenvalue weighted by atomic mass is 9.71. The van der Waals surface area contributed by atoms with Gasteiger partial charge in [-0.3, -0.25) is 15.8 Å². The summed E-state index contributed by atoms with van der Waals surface area (Å²) in [6, 6.07) is 1.38. The lowest BCUT2D eigenvalue weighted by molar-refractivity contribution is -0.0369. The van der Waals surface area contributed by atoms with Crippen molar-refractivity contribution >= 4 is 0 Å². The summed E-state index contributed by atoms with van der Waals surface area (Å²) in [6.45, 7) is 9.74. The minimum atomic E-state index is 0.407. The van der Waals surface area contributed by atoms with Crippen molar-refractivity contribution in [2.75, 3.05) is 32.8 Å². The van der Waals surface area contributed by atoms with E-state index in [4.69, 9.17) is 4.74 Å². The molecule has 5 unspecified atom stereocenters. The fourth-order valence-corrected chi connectivity index (χ4v) is 6.63. The van der Waals surface area contributed by atoms with Crippen molar-refractivity contribution in [3.8, 4) is 0 Å². The van der Waals surface area contributed by atoms with Crippen molar-refractivity contribution in [1.82, 2.24) is 26.4 Å². The summed E-state index contributed by atoms with van der Waals surface area (Å²) in [5.41, 5.74) is 10.2. The number of hydrogen-bond donors (Lipinski definition) is 4. The molecule has 2 saturated heterocycles. The summed E-state index contributed by atoms with van der Waals surface area (Å²) < 4.78 is 5.74. The standard InChI is InChI=1S/C22H39N5O/c1-14-12-23-21(18-7-8-24-26-18)22-20(14)17(16-5-3-4-6-16)11-19(25-22)27-9-10-28-13-15(27)2/h14-19,21,23-26H,3-13H2,1-2H3/t14?,15-,17?,18?,19?,21?/m1/s1. The van der Waals surface area contributed by atoms with Gasteiger partial charge in [0.2, 0.25) is 0 Å². The summed E-state index contributed by atoms with van der Waals surface area (Å²) in [7, 11) is 0. The highest BCUT2D eigenvalue weighted by Gasteiger charge is 2.45. The van der Waals surface area contributed by atoms with Crippen LogP contribution in [0.25, 0.3) is 0 Å². The fraction of sp³-hybridized carbons (Fsp3) is 0.909. The molecule has 0 aromatic carbocycles. The first-order chi connectivity index (χ1) is 13.7. The molecule has 1 saturated carbocycles. The van der Waals surface area contributed by atoms with Crippen LogP contribution in [0, 0.1) is 17.8 Å². The minimum Gasteiger partial charge on any atom is -0.379 e. The third-order valence-corrected chi connectivity index (χ3v) is 8.05. The molecular weight excluding hydrogens is 350 g/mol. The number of morpholine rings is 1. The normalized spacial score (nSPS) is 43.2. The average Bonchev–Trinajstić information content (AvgIpc) is 3.42. The molecule has 1 aliphatic carbocycles. The van der Waals surface area contributed by atoms with Crippen LogP contribution in [-0.2, 0) is 4.74 Å². The molecule has 28 heavy (non-hydrogen) atoms. The van der Waals surface area contributed by atoms with Crippen molar-refractivity contribution in [3.05, 3.63) is 11.3 Å². The Hall–Kier alpha value is -0.660. The highest BCUT2D eigenvalue weighted by atomic mass is 16.5. The molecule has 0 amide bonds. The summed E-state index contributed by atoms with van der Waals surface area (Å²) in [5, 5.41) is 7.98. The maximum Gasteiger partial charge on any atom is 0.0800 e. The zero-order valence-corrected chi connectivity index (χ0v) is 17.7. The second-order valence-electron chi connectivity index (χ2n) is 9.83. The van der Waals surface area contributed by atoms with Gasteiger partial charge in [0.05, 0.1) is 25.4 Å². The maximum atomic E-state index is 5.74. The number of hydrazine groups is 1. The van der Waals surface area contributed by atoms with Gasteiger partial charge in [0.25, 0.3) is 0 Å². The summed E-state index contributed by atoms with van der Waals surface area (Å²) in [4.78, 5) is 2.69. The van der Waals surface area contributed by atoms with Gasteiger partial charge in [-0.05, 0) is 55.9 Å². The number of nitrogens with zero attached hydrogens (tertiary/aromatic N) is 1. The Morgan fingerprint density at radius 3 is 2.71 bits per heavy atom. The predicted octanol–water partition coefficient (Wildman–Crippen LogP) is 1.56. The van der Waals surface area contributed by atoms with Gasteiger partial charge in [-0.25, -0.2) is 0 Å². The van der Waals surface area contributed by atoms with Crippen LogP contribution in [-0.4, -0.2) is 62.0 Å². The molecule has 6 atom stereocenters. The van der Waals surface area contributed by atoms with Crippen LogP contribution in [0.3, 0.4) is 0 Å². The second-order valence-corrected chi connectivity index (χ2v) is 9.83. The van der Waals surface area contributed by atoms with Crippen molar-refractivity contribution in [2.24, 2.45) is 17.8 Å². The molecule has 0 aromatic heterocycles. The van der Waals surface area contributed by atoms with E-state index in [1.54, 1.807) is 5.57 Å². The molecule has 0 radical (unpaired) electrons. The van der Waals surface area contributed by atoms with E-state index in [0.717, 1.165) is 44.7 Å². The zero-order chi connectivity index (χ0) is 19.1. The van der Waals surface area contributed by atoms with E-state index in [1.807, 2.05) is 0 Å². The molecule has 6 nitrogen and oxygen atoms in total.